The number of carbonyl (C=O) groups is 2. The Morgan fingerprint density at radius 2 is 2.00 bits per heavy atom. The molecular weight excluding hydrogens is 462 g/mol. The number of aromatic nitrogens is 4. The van der Waals surface area contributed by atoms with Gasteiger partial charge in [0.2, 0.25) is 5.91 Å². The minimum Gasteiger partial charge on any atom is -0.383 e. The first-order chi connectivity index (χ1) is 16.8. The predicted molar refractivity (Wildman–Crippen MR) is 124 cm³/mol. The lowest BCUT2D eigenvalue weighted by molar-refractivity contribution is -0.135. The van der Waals surface area contributed by atoms with Gasteiger partial charge in [-0.25, -0.2) is 18.3 Å². The fourth-order valence-electron chi connectivity index (χ4n) is 4.17. The first-order valence-electron chi connectivity index (χ1n) is 11.0. The number of anilines is 3. The van der Waals surface area contributed by atoms with Crippen LogP contribution in [0.3, 0.4) is 0 Å². The van der Waals surface area contributed by atoms with Crippen molar-refractivity contribution in [1.82, 2.24) is 24.5 Å². The van der Waals surface area contributed by atoms with Gasteiger partial charge in [0.15, 0.2) is 23.1 Å². The van der Waals surface area contributed by atoms with Gasteiger partial charge in [-0.15, -0.1) is 5.10 Å². The highest BCUT2D eigenvalue weighted by Gasteiger charge is 2.30. The third-order valence-corrected chi connectivity index (χ3v) is 5.98. The van der Waals surface area contributed by atoms with Gasteiger partial charge in [-0.3, -0.25) is 14.6 Å². The molecule has 1 saturated heterocycles. The van der Waals surface area contributed by atoms with Crippen LogP contribution in [0.2, 0.25) is 0 Å². The van der Waals surface area contributed by atoms with E-state index in [4.69, 9.17) is 10.5 Å². The van der Waals surface area contributed by atoms with Gasteiger partial charge >= 0.3 is 0 Å². The van der Waals surface area contributed by atoms with Crippen LogP contribution in [0.25, 0.3) is 5.65 Å². The molecule has 1 fully saturated rings. The lowest BCUT2D eigenvalue weighted by Crippen LogP contribution is -2.42. The number of likely N-dealkylation sites (N-methyl/N-ethyl adjacent to an activating group) is 1. The zero-order valence-electron chi connectivity index (χ0n) is 19.4. The Hall–Kier alpha value is -3.87. The number of hydrogen-bond acceptors (Lipinski definition) is 8. The number of hydrogen-bond donors (Lipinski definition) is 2. The molecule has 186 valence electrons. The fraction of sp³-hybridized carbons (Fsp3) is 0.409. The van der Waals surface area contributed by atoms with Crippen LogP contribution < -0.4 is 16.0 Å². The molecule has 1 aliphatic heterocycles. The number of fused-ring (bicyclic) bond motifs is 1. The van der Waals surface area contributed by atoms with E-state index in [-0.39, 0.29) is 40.2 Å². The Balaban J connectivity index is 1.51. The Morgan fingerprint density at radius 3 is 2.71 bits per heavy atom. The number of halogens is 2. The third kappa shape index (κ3) is 4.99. The second-order valence-electron chi connectivity index (χ2n) is 8.29. The summed E-state index contributed by atoms with van der Waals surface area (Å²) in [4.78, 5) is 36.9. The quantitative estimate of drug-likeness (QED) is 0.512. The average Bonchev–Trinajstić information content (AvgIpc) is 3.17. The van der Waals surface area contributed by atoms with Crippen molar-refractivity contribution in [3.8, 4) is 0 Å². The zero-order valence-corrected chi connectivity index (χ0v) is 19.4. The van der Waals surface area contributed by atoms with Crippen molar-refractivity contribution < 1.29 is 23.1 Å². The number of carbonyl (C=O) groups excluding carboxylic acids is 2. The van der Waals surface area contributed by atoms with Crippen LogP contribution in [0.5, 0.6) is 0 Å². The summed E-state index contributed by atoms with van der Waals surface area (Å²) in [6, 6.07) is 0. The van der Waals surface area contributed by atoms with E-state index in [1.807, 2.05) is 0 Å². The average molecular weight is 488 g/mol. The van der Waals surface area contributed by atoms with Crippen molar-refractivity contribution in [3.05, 3.63) is 42.0 Å². The van der Waals surface area contributed by atoms with Gasteiger partial charge in [-0.1, -0.05) is 0 Å². The van der Waals surface area contributed by atoms with Crippen molar-refractivity contribution >= 4 is 34.7 Å². The molecule has 4 heterocycles. The molecule has 0 radical (unpaired) electrons. The number of nitrogen functional groups attached to an aromatic ring is 1. The predicted octanol–water partition coefficient (Wildman–Crippen LogP) is 1.56. The van der Waals surface area contributed by atoms with E-state index in [1.165, 1.54) is 6.20 Å². The SMILES string of the molecule is COCCN(C)C(=O)C1CCN(c2c(F)cncc2NC(=O)c2c(N)nn3cc(F)cnc23)CC1. The number of nitrogens with two attached hydrogens (primary N) is 1. The largest absolute Gasteiger partial charge is 0.383 e. The molecule has 4 rings (SSSR count). The number of nitrogens with one attached hydrogen (secondary N) is 1. The molecule has 11 nitrogen and oxygen atoms in total. The fourth-order valence-corrected chi connectivity index (χ4v) is 4.17. The molecule has 0 bridgehead atoms. The summed E-state index contributed by atoms with van der Waals surface area (Å²) in [7, 11) is 3.32. The van der Waals surface area contributed by atoms with Crippen molar-refractivity contribution in [2.75, 3.05) is 56.3 Å². The summed E-state index contributed by atoms with van der Waals surface area (Å²) in [5.41, 5.74) is 6.17. The highest BCUT2D eigenvalue weighted by molar-refractivity contribution is 6.12. The maximum absolute atomic E-state index is 14.9. The molecular formula is C22H26F2N8O3. The topological polar surface area (TPSA) is 131 Å². The van der Waals surface area contributed by atoms with E-state index in [1.54, 1.807) is 24.0 Å². The molecule has 2 amide bonds. The van der Waals surface area contributed by atoms with Gasteiger partial charge in [0.05, 0.1) is 37.1 Å². The number of piperidine rings is 1. The monoisotopic (exact) mass is 488 g/mol. The standard InChI is InChI=1S/C22H26F2N8O3/c1-30(7-8-35-2)22(34)13-3-5-31(6-4-13)18-15(24)10-26-11-16(18)28-21(33)17-19(25)29-32-12-14(23)9-27-20(17)32/h9-13H,3-8H2,1-2H3,(H2,25,29)(H,28,33). The van der Waals surface area contributed by atoms with E-state index in [9.17, 15) is 18.4 Å². The number of ether oxygens (including phenoxy) is 1. The summed E-state index contributed by atoms with van der Waals surface area (Å²) in [5.74, 6) is -2.24. The number of methoxy groups -OCH3 is 1. The second-order valence-corrected chi connectivity index (χ2v) is 8.29. The van der Waals surface area contributed by atoms with E-state index in [0.29, 0.717) is 39.1 Å². The van der Waals surface area contributed by atoms with Crippen LogP contribution in [0.15, 0.2) is 24.8 Å². The van der Waals surface area contributed by atoms with Crippen molar-refractivity contribution in [1.29, 1.82) is 0 Å². The van der Waals surface area contributed by atoms with Crippen LogP contribution >= 0.6 is 0 Å². The van der Waals surface area contributed by atoms with E-state index in [2.05, 4.69) is 20.4 Å². The Kier molecular flexibility index (Phi) is 7.05. The van der Waals surface area contributed by atoms with Gasteiger partial charge < -0.3 is 25.6 Å². The van der Waals surface area contributed by atoms with Crippen molar-refractivity contribution in [2.45, 2.75) is 12.8 Å². The first kappa shape index (κ1) is 24.3. The molecule has 0 unspecified atom stereocenters. The Bertz CT molecular complexity index is 1240. The van der Waals surface area contributed by atoms with Crippen molar-refractivity contribution in [3.63, 3.8) is 0 Å². The van der Waals surface area contributed by atoms with E-state index < -0.39 is 17.5 Å². The van der Waals surface area contributed by atoms with E-state index >= 15 is 0 Å². The summed E-state index contributed by atoms with van der Waals surface area (Å²) >= 11 is 0. The summed E-state index contributed by atoms with van der Waals surface area (Å²) in [5, 5.41) is 6.55. The van der Waals surface area contributed by atoms with Gasteiger partial charge in [0, 0.05) is 39.7 Å². The van der Waals surface area contributed by atoms with Crippen LogP contribution in [-0.4, -0.2) is 76.7 Å². The maximum Gasteiger partial charge on any atom is 0.263 e. The summed E-state index contributed by atoms with van der Waals surface area (Å²) < 4.78 is 34.4. The first-order valence-corrected chi connectivity index (χ1v) is 11.0. The van der Waals surface area contributed by atoms with Crippen LogP contribution in [0.4, 0.5) is 26.0 Å². The lowest BCUT2D eigenvalue weighted by Gasteiger charge is -2.35. The number of amides is 2. The summed E-state index contributed by atoms with van der Waals surface area (Å²) in [6.45, 7) is 1.78. The molecule has 13 heteroatoms. The molecule has 3 aromatic heterocycles. The zero-order chi connectivity index (χ0) is 25.1. The third-order valence-electron chi connectivity index (χ3n) is 5.98. The Labute approximate surface area is 199 Å². The molecule has 3 aromatic rings. The number of nitrogens with zero attached hydrogens (tertiary/aromatic N) is 6. The van der Waals surface area contributed by atoms with Gasteiger partial charge in [0.1, 0.15) is 11.3 Å². The number of rotatable bonds is 7. The highest BCUT2D eigenvalue weighted by Crippen LogP contribution is 2.33. The Morgan fingerprint density at radius 1 is 1.26 bits per heavy atom. The van der Waals surface area contributed by atoms with Crippen LogP contribution in [-0.2, 0) is 9.53 Å². The lowest BCUT2D eigenvalue weighted by atomic mass is 9.95. The van der Waals surface area contributed by atoms with E-state index in [0.717, 1.165) is 23.1 Å². The van der Waals surface area contributed by atoms with Crippen molar-refractivity contribution in [2.24, 2.45) is 5.92 Å². The van der Waals surface area contributed by atoms with Crippen LogP contribution in [0.1, 0.15) is 23.2 Å². The number of pyridine rings is 1. The molecule has 3 N–H and O–H groups in total. The molecule has 0 atom stereocenters. The molecule has 1 aliphatic rings. The molecule has 0 saturated carbocycles. The molecule has 0 spiro atoms. The second kappa shape index (κ2) is 10.2. The minimum absolute atomic E-state index is 0.0259. The van der Waals surface area contributed by atoms with Gasteiger partial charge in [0.25, 0.3) is 5.91 Å². The minimum atomic E-state index is -0.685. The molecule has 0 aromatic carbocycles. The van der Waals surface area contributed by atoms with Gasteiger partial charge in [-0.2, -0.15) is 0 Å². The maximum atomic E-state index is 14.9. The molecule has 0 aliphatic carbocycles. The summed E-state index contributed by atoms with van der Waals surface area (Å²) in [6.07, 6.45) is 5.45. The smallest absolute Gasteiger partial charge is 0.263 e. The van der Waals surface area contributed by atoms with Crippen LogP contribution in [0, 0.1) is 17.6 Å². The highest BCUT2D eigenvalue weighted by atomic mass is 19.1. The normalized spacial score (nSPS) is 14.3. The van der Waals surface area contributed by atoms with Gasteiger partial charge in [-0.05, 0) is 12.8 Å². The molecule has 35 heavy (non-hydrogen) atoms.